The number of carbonyl (C=O) groups is 2. The third kappa shape index (κ3) is 6.52. The summed E-state index contributed by atoms with van der Waals surface area (Å²) < 4.78 is 37.9. The number of esters is 1. The van der Waals surface area contributed by atoms with Gasteiger partial charge in [0.1, 0.15) is 0 Å². The summed E-state index contributed by atoms with van der Waals surface area (Å²) in [4.78, 5) is 24.2. The monoisotopic (exact) mass is 426 g/mol. The fourth-order valence-electron chi connectivity index (χ4n) is 3.30. The summed E-state index contributed by atoms with van der Waals surface area (Å²) >= 11 is 0. The summed E-state index contributed by atoms with van der Waals surface area (Å²) in [6.07, 6.45) is 1.34. The molecule has 2 rings (SSSR count). The second kappa shape index (κ2) is 10.2. The van der Waals surface area contributed by atoms with Crippen LogP contribution in [0.4, 0.5) is 0 Å². The lowest BCUT2D eigenvalue weighted by Crippen LogP contribution is -2.48. The zero-order valence-corrected chi connectivity index (χ0v) is 18.2. The molecule has 1 heterocycles. The fourth-order valence-corrected chi connectivity index (χ4v) is 4.93. The van der Waals surface area contributed by atoms with Crippen LogP contribution in [-0.4, -0.2) is 62.5 Å². The number of hydrogen-bond donors (Lipinski definition) is 1. The van der Waals surface area contributed by atoms with Gasteiger partial charge in [0.15, 0.2) is 6.61 Å². The standard InChI is InChI=1S/C20H30N2O6S/c1-5-7-14(2)21-19(23)13-27-20(24)17-8-6-9-18(10-17)29(25,26)22-11-15(3)28-16(4)12-22/h6,8-10,14-16H,5,7,11-13H2,1-4H3,(H,21,23)/t14-,15+,16+/m0/s1. The first-order valence-electron chi connectivity index (χ1n) is 9.85. The van der Waals surface area contributed by atoms with Crippen LogP contribution in [0.25, 0.3) is 0 Å². The van der Waals surface area contributed by atoms with Gasteiger partial charge in [-0.1, -0.05) is 19.4 Å². The number of morpholine rings is 1. The summed E-state index contributed by atoms with van der Waals surface area (Å²) in [6, 6.07) is 5.66. The molecule has 0 aromatic heterocycles. The van der Waals surface area contributed by atoms with Crippen LogP contribution in [-0.2, 0) is 24.3 Å². The van der Waals surface area contributed by atoms with Gasteiger partial charge in [-0.15, -0.1) is 0 Å². The molecule has 1 aliphatic heterocycles. The summed E-state index contributed by atoms with van der Waals surface area (Å²) in [5.41, 5.74) is 0.0786. The second-order valence-corrected chi connectivity index (χ2v) is 9.38. The Hall–Kier alpha value is -1.97. The van der Waals surface area contributed by atoms with E-state index < -0.39 is 22.6 Å². The van der Waals surface area contributed by atoms with Gasteiger partial charge in [0.2, 0.25) is 10.0 Å². The highest BCUT2D eigenvalue weighted by molar-refractivity contribution is 7.89. The minimum Gasteiger partial charge on any atom is -0.452 e. The largest absolute Gasteiger partial charge is 0.452 e. The van der Waals surface area contributed by atoms with Gasteiger partial charge in [0, 0.05) is 19.1 Å². The van der Waals surface area contributed by atoms with E-state index in [1.165, 1.54) is 28.6 Å². The number of ether oxygens (including phenoxy) is 2. The molecule has 162 valence electrons. The predicted octanol–water partition coefficient (Wildman–Crippen LogP) is 1.95. The Labute approximate surface area is 172 Å². The Morgan fingerprint density at radius 1 is 1.28 bits per heavy atom. The Kier molecular flexibility index (Phi) is 8.18. The first-order valence-corrected chi connectivity index (χ1v) is 11.3. The topological polar surface area (TPSA) is 102 Å². The van der Waals surface area contributed by atoms with Crippen molar-refractivity contribution in [1.82, 2.24) is 9.62 Å². The van der Waals surface area contributed by atoms with Crippen molar-refractivity contribution in [2.75, 3.05) is 19.7 Å². The van der Waals surface area contributed by atoms with E-state index in [4.69, 9.17) is 9.47 Å². The molecule has 0 bridgehead atoms. The lowest BCUT2D eigenvalue weighted by Gasteiger charge is -2.34. The molecule has 0 radical (unpaired) electrons. The average Bonchev–Trinajstić information content (AvgIpc) is 2.65. The highest BCUT2D eigenvalue weighted by Crippen LogP contribution is 2.22. The maximum atomic E-state index is 13.0. The molecule has 1 aromatic rings. The van der Waals surface area contributed by atoms with E-state index in [1.807, 2.05) is 27.7 Å². The van der Waals surface area contributed by atoms with Crippen LogP contribution >= 0.6 is 0 Å². The molecule has 3 atom stereocenters. The van der Waals surface area contributed by atoms with Gasteiger partial charge in [-0.2, -0.15) is 4.31 Å². The molecule has 8 nitrogen and oxygen atoms in total. The van der Waals surface area contributed by atoms with Crippen LogP contribution in [0, 0.1) is 0 Å². The van der Waals surface area contributed by atoms with Crippen LogP contribution in [0.1, 0.15) is 50.9 Å². The van der Waals surface area contributed by atoms with Gasteiger partial charge in [0.05, 0.1) is 22.7 Å². The molecule has 0 aliphatic carbocycles. The molecule has 0 spiro atoms. The lowest BCUT2D eigenvalue weighted by atomic mass is 10.2. The van der Waals surface area contributed by atoms with E-state index in [0.29, 0.717) is 0 Å². The van der Waals surface area contributed by atoms with Gasteiger partial charge in [0.25, 0.3) is 5.91 Å². The van der Waals surface area contributed by atoms with Gasteiger partial charge in [-0.3, -0.25) is 4.79 Å². The number of sulfonamides is 1. The molecule has 9 heteroatoms. The first kappa shape index (κ1) is 23.3. The summed E-state index contributed by atoms with van der Waals surface area (Å²) in [6.45, 7) is 7.61. The van der Waals surface area contributed by atoms with Crippen molar-refractivity contribution in [3.63, 3.8) is 0 Å². The zero-order chi connectivity index (χ0) is 21.6. The van der Waals surface area contributed by atoms with Crippen LogP contribution in [0.2, 0.25) is 0 Å². The van der Waals surface area contributed by atoms with Crippen LogP contribution in [0.3, 0.4) is 0 Å². The summed E-state index contributed by atoms with van der Waals surface area (Å²) in [7, 11) is -3.77. The number of rotatable bonds is 8. The number of benzene rings is 1. The first-order chi connectivity index (χ1) is 13.6. The van der Waals surface area contributed by atoms with Crippen molar-refractivity contribution in [1.29, 1.82) is 0 Å². The maximum Gasteiger partial charge on any atom is 0.338 e. The number of hydrogen-bond acceptors (Lipinski definition) is 6. The van der Waals surface area contributed by atoms with Gasteiger partial charge in [-0.25, -0.2) is 13.2 Å². The van der Waals surface area contributed by atoms with E-state index in [0.717, 1.165) is 12.8 Å². The average molecular weight is 427 g/mol. The molecule has 1 amide bonds. The molecular weight excluding hydrogens is 396 g/mol. The highest BCUT2D eigenvalue weighted by atomic mass is 32.2. The quantitative estimate of drug-likeness (QED) is 0.638. The predicted molar refractivity (Wildman–Crippen MR) is 108 cm³/mol. The number of amides is 1. The lowest BCUT2D eigenvalue weighted by molar-refractivity contribution is -0.124. The highest BCUT2D eigenvalue weighted by Gasteiger charge is 2.32. The van der Waals surface area contributed by atoms with Gasteiger partial charge < -0.3 is 14.8 Å². The van der Waals surface area contributed by atoms with E-state index in [2.05, 4.69) is 5.32 Å². The minimum atomic E-state index is -3.77. The smallest absolute Gasteiger partial charge is 0.338 e. The Morgan fingerprint density at radius 2 is 1.93 bits per heavy atom. The summed E-state index contributed by atoms with van der Waals surface area (Å²) in [5, 5.41) is 2.74. The Bertz CT molecular complexity index is 816. The van der Waals surface area contributed by atoms with Crippen LogP contribution in [0.5, 0.6) is 0 Å². The number of carbonyl (C=O) groups excluding carboxylic acids is 2. The van der Waals surface area contributed by atoms with Crippen molar-refractivity contribution in [2.45, 2.75) is 63.7 Å². The Balaban J connectivity index is 2.04. The third-order valence-corrected chi connectivity index (χ3v) is 6.38. The van der Waals surface area contributed by atoms with Crippen molar-refractivity contribution in [3.8, 4) is 0 Å². The van der Waals surface area contributed by atoms with Crippen molar-refractivity contribution >= 4 is 21.9 Å². The second-order valence-electron chi connectivity index (χ2n) is 7.44. The van der Waals surface area contributed by atoms with Crippen molar-refractivity contribution < 1.29 is 27.5 Å². The number of nitrogens with one attached hydrogen (secondary N) is 1. The van der Waals surface area contributed by atoms with E-state index in [1.54, 1.807) is 0 Å². The van der Waals surface area contributed by atoms with Crippen molar-refractivity contribution in [3.05, 3.63) is 29.8 Å². The molecule has 1 aromatic carbocycles. The number of nitrogens with zero attached hydrogens (tertiary/aromatic N) is 1. The van der Waals surface area contributed by atoms with Gasteiger partial charge >= 0.3 is 5.97 Å². The molecule has 29 heavy (non-hydrogen) atoms. The molecule has 0 unspecified atom stereocenters. The molecule has 0 saturated carbocycles. The molecule has 1 fully saturated rings. The zero-order valence-electron chi connectivity index (χ0n) is 17.4. The normalized spacial score (nSPS) is 21.4. The van der Waals surface area contributed by atoms with Crippen molar-refractivity contribution in [2.24, 2.45) is 0 Å². The fraction of sp³-hybridized carbons (Fsp3) is 0.600. The van der Waals surface area contributed by atoms with E-state index in [-0.39, 0.29) is 47.7 Å². The van der Waals surface area contributed by atoms with E-state index >= 15 is 0 Å². The summed E-state index contributed by atoms with van der Waals surface area (Å²) in [5.74, 6) is -1.14. The SMILES string of the molecule is CCC[C@H](C)NC(=O)COC(=O)c1cccc(S(=O)(=O)N2C[C@@H](C)O[C@H](C)C2)c1. The van der Waals surface area contributed by atoms with Crippen LogP contribution in [0.15, 0.2) is 29.2 Å². The van der Waals surface area contributed by atoms with Gasteiger partial charge in [-0.05, 0) is 45.4 Å². The minimum absolute atomic E-state index is 0.00187. The maximum absolute atomic E-state index is 13.0. The molecule has 1 aliphatic rings. The Morgan fingerprint density at radius 3 is 2.55 bits per heavy atom. The molecule has 1 saturated heterocycles. The van der Waals surface area contributed by atoms with Crippen LogP contribution < -0.4 is 5.32 Å². The van der Waals surface area contributed by atoms with E-state index in [9.17, 15) is 18.0 Å². The third-order valence-electron chi connectivity index (χ3n) is 4.56. The molecule has 1 N–H and O–H groups in total. The molecular formula is C20H30N2O6S.